The standard InChI is InChI=1S/C9H13N3.H2/c1-2-3-7-4-5-8-9(6-7)11-12-10-8;/h4-6,10-12H,2-3H2,1H3;1H. The summed E-state index contributed by atoms with van der Waals surface area (Å²) < 4.78 is 0. The van der Waals surface area contributed by atoms with Crippen LogP contribution in [0.2, 0.25) is 0 Å². The first-order valence-corrected chi connectivity index (χ1v) is 4.30. The summed E-state index contributed by atoms with van der Waals surface area (Å²) in [6.45, 7) is 2.19. The molecule has 0 radical (unpaired) electrons. The van der Waals surface area contributed by atoms with Gasteiger partial charge in [0, 0.05) is 1.43 Å². The van der Waals surface area contributed by atoms with Gasteiger partial charge < -0.3 is 10.9 Å². The Kier molecular flexibility index (Phi) is 1.87. The summed E-state index contributed by atoms with van der Waals surface area (Å²) in [7, 11) is 0. The number of benzene rings is 1. The fraction of sp³-hybridized carbons (Fsp3) is 0.333. The van der Waals surface area contributed by atoms with Crippen LogP contribution in [0.3, 0.4) is 0 Å². The van der Waals surface area contributed by atoms with Gasteiger partial charge >= 0.3 is 0 Å². The highest BCUT2D eigenvalue weighted by atomic mass is 15.6. The number of hydrogen-bond donors (Lipinski definition) is 3. The predicted molar refractivity (Wildman–Crippen MR) is 52.9 cm³/mol. The minimum absolute atomic E-state index is 0. The molecule has 1 aromatic rings. The van der Waals surface area contributed by atoms with Crippen molar-refractivity contribution in [3.63, 3.8) is 0 Å². The van der Waals surface area contributed by atoms with Gasteiger partial charge in [0.1, 0.15) is 0 Å². The van der Waals surface area contributed by atoms with Gasteiger partial charge in [0.25, 0.3) is 0 Å². The predicted octanol–water partition coefficient (Wildman–Crippen LogP) is 2.14. The second kappa shape index (κ2) is 3.03. The van der Waals surface area contributed by atoms with Crippen molar-refractivity contribution in [1.29, 1.82) is 0 Å². The van der Waals surface area contributed by atoms with E-state index in [1.165, 1.54) is 12.0 Å². The zero-order valence-electron chi connectivity index (χ0n) is 7.15. The molecule has 3 nitrogen and oxygen atoms in total. The highest BCUT2D eigenvalue weighted by Crippen LogP contribution is 2.25. The summed E-state index contributed by atoms with van der Waals surface area (Å²) in [6.07, 6.45) is 2.34. The van der Waals surface area contributed by atoms with Crippen molar-refractivity contribution in [2.45, 2.75) is 19.8 Å². The zero-order chi connectivity index (χ0) is 8.39. The Bertz CT molecular complexity index is 288. The van der Waals surface area contributed by atoms with Crippen molar-refractivity contribution < 1.29 is 1.43 Å². The lowest BCUT2D eigenvalue weighted by Gasteiger charge is -2.01. The Morgan fingerprint density at radius 2 is 2.08 bits per heavy atom. The SMILES string of the molecule is CCCc1ccc2c(c1)NNN2.[HH]. The Hall–Kier alpha value is -1.22. The lowest BCUT2D eigenvalue weighted by atomic mass is 10.1. The van der Waals surface area contributed by atoms with E-state index in [4.69, 9.17) is 0 Å². The van der Waals surface area contributed by atoms with Crippen LogP contribution in [0, 0.1) is 0 Å². The van der Waals surface area contributed by atoms with Crippen molar-refractivity contribution in [3.8, 4) is 0 Å². The summed E-state index contributed by atoms with van der Waals surface area (Å²) in [4.78, 5) is 0. The maximum absolute atomic E-state index is 3.04. The number of anilines is 2. The molecule has 1 aromatic carbocycles. The van der Waals surface area contributed by atoms with Gasteiger partial charge in [-0.15, -0.1) is 5.53 Å². The molecule has 0 amide bonds. The zero-order valence-corrected chi connectivity index (χ0v) is 7.15. The molecule has 12 heavy (non-hydrogen) atoms. The van der Waals surface area contributed by atoms with Crippen LogP contribution in [0.4, 0.5) is 11.4 Å². The molecule has 3 N–H and O–H groups in total. The molecule has 0 atom stereocenters. The molecular formula is C9H15N3. The van der Waals surface area contributed by atoms with Crippen molar-refractivity contribution in [1.82, 2.24) is 5.53 Å². The maximum Gasteiger partial charge on any atom is 0.0753 e. The molecule has 1 aliphatic heterocycles. The molecule has 0 aromatic heterocycles. The van der Waals surface area contributed by atoms with E-state index < -0.39 is 0 Å². The van der Waals surface area contributed by atoms with Gasteiger partial charge in [0.05, 0.1) is 11.4 Å². The normalized spacial score (nSPS) is 13.4. The van der Waals surface area contributed by atoms with Crippen LogP contribution in [-0.2, 0) is 6.42 Å². The Morgan fingerprint density at radius 3 is 2.92 bits per heavy atom. The quantitative estimate of drug-likeness (QED) is 0.628. The highest BCUT2D eigenvalue weighted by molar-refractivity contribution is 5.72. The summed E-state index contributed by atoms with van der Waals surface area (Å²) >= 11 is 0. The van der Waals surface area contributed by atoms with E-state index in [2.05, 4.69) is 41.5 Å². The monoisotopic (exact) mass is 165 g/mol. The third kappa shape index (κ3) is 1.23. The highest BCUT2D eigenvalue weighted by Gasteiger charge is 2.07. The third-order valence-corrected chi connectivity index (χ3v) is 2.02. The van der Waals surface area contributed by atoms with Crippen molar-refractivity contribution in [3.05, 3.63) is 23.8 Å². The molecule has 0 aliphatic carbocycles. The van der Waals surface area contributed by atoms with Crippen LogP contribution in [-0.4, -0.2) is 0 Å². The topological polar surface area (TPSA) is 36.1 Å². The van der Waals surface area contributed by atoms with Gasteiger partial charge in [0.15, 0.2) is 0 Å². The minimum Gasteiger partial charge on any atom is -0.302 e. The molecule has 66 valence electrons. The molecule has 2 rings (SSSR count). The molecule has 1 aliphatic rings. The maximum atomic E-state index is 3.04. The number of fused-ring (bicyclic) bond motifs is 1. The molecular weight excluding hydrogens is 150 g/mol. The molecule has 0 saturated carbocycles. The molecule has 0 bridgehead atoms. The molecule has 0 unspecified atom stereocenters. The summed E-state index contributed by atoms with van der Waals surface area (Å²) in [5, 5.41) is 0. The van der Waals surface area contributed by atoms with Crippen LogP contribution in [0.1, 0.15) is 20.3 Å². The average molecular weight is 165 g/mol. The first-order chi connectivity index (χ1) is 5.90. The first-order valence-electron chi connectivity index (χ1n) is 4.30. The van der Waals surface area contributed by atoms with E-state index in [1.54, 1.807) is 0 Å². The third-order valence-electron chi connectivity index (χ3n) is 2.02. The Balaban J connectivity index is 0.000000845. The van der Waals surface area contributed by atoms with E-state index >= 15 is 0 Å². The molecule has 1 heterocycles. The van der Waals surface area contributed by atoms with Crippen molar-refractivity contribution >= 4 is 11.4 Å². The number of hydrogen-bond acceptors (Lipinski definition) is 3. The summed E-state index contributed by atoms with van der Waals surface area (Å²) in [6, 6.07) is 6.42. The van der Waals surface area contributed by atoms with Crippen LogP contribution in [0.15, 0.2) is 18.2 Å². The molecule has 0 spiro atoms. The molecule has 3 heteroatoms. The fourth-order valence-electron chi connectivity index (χ4n) is 1.41. The van der Waals surface area contributed by atoms with Crippen LogP contribution in [0.25, 0.3) is 0 Å². The lowest BCUT2D eigenvalue weighted by Crippen LogP contribution is -2.19. The fourth-order valence-corrected chi connectivity index (χ4v) is 1.41. The second-order valence-electron chi connectivity index (χ2n) is 3.00. The van der Waals surface area contributed by atoms with Gasteiger partial charge in [-0.1, -0.05) is 19.4 Å². The second-order valence-corrected chi connectivity index (χ2v) is 3.00. The van der Waals surface area contributed by atoms with E-state index in [0.29, 0.717) is 0 Å². The van der Waals surface area contributed by atoms with Crippen LogP contribution < -0.4 is 16.4 Å². The van der Waals surface area contributed by atoms with E-state index in [9.17, 15) is 0 Å². The Morgan fingerprint density at radius 1 is 1.25 bits per heavy atom. The van der Waals surface area contributed by atoms with Crippen molar-refractivity contribution in [2.24, 2.45) is 0 Å². The number of rotatable bonds is 2. The summed E-state index contributed by atoms with van der Waals surface area (Å²) in [5.74, 6) is 0. The Labute approximate surface area is 73.6 Å². The number of aryl methyl sites for hydroxylation is 1. The van der Waals surface area contributed by atoms with E-state index in [1.807, 2.05) is 0 Å². The lowest BCUT2D eigenvalue weighted by molar-refractivity contribution is 0.922. The van der Waals surface area contributed by atoms with Crippen LogP contribution >= 0.6 is 0 Å². The van der Waals surface area contributed by atoms with Crippen molar-refractivity contribution in [2.75, 3.05) is 10.9 Å². The van der Waals surface area contributed by atoms with Crippen LogP contribution in [0.5, 0.6) is 0 Å². The van der Waals surface area contributed by atoms with Gasteiger partial charge in [-0.3, -0.25) is 0 Å². The van der Waals surface area contributed by atoms with Gasteiger partial charge in [-0.05, 0) is 24.1 Å². The number of nitrogens with one attached hydrogen (secondary N) is 3. The van der Waals surface area contributed by atoms with Gasteiger partial charge in [0.2, 0.25) is 0 Å². The van der Waals surface area contributed by atoms with Gasteiger partial charge in [-0.2, -0.15) is 0 Å². The largest absolute Gasteiger partial charge is 0.302 e. The number of hydrazine groups is 2. The van der Waals surface area contributed by atoms with E-state index in [-0.39, 0.29) is 1.43 Å². The molecule has 0 saturated heterocycles. The van der Waals surface area contributed by atoms with Gasteiger partial charge in [-0.25, -0.2) is 0 Å². The van der Waals surface area contributed by atoms with E-state index in [0.717, 1.165) is 17.8 Å². The smallest absolute Gasteiger partial charge is 0.0753 e. The summed E-state index contributed by atoms with van der Waals surface area (Å²) in [5.41, 5.74) is 12.5. The first kappa shape index (κ1) is 7.43. The average Bonchev–Trinajstić information content (AvgIpc) is 2.51. The minimum atomic E-state index is 0. The molecule has 0 fully saturated rings.